The fraction of sp³-hybridized carbons (Fsp3) is 0.333. The Morgan fingerprint density at radius 3 is 3.00 bits per heavy atom. The molecule has 0 bridgehead atoms. The van der Waals surface area contributed by atoms with Gasteiger partial charge in [0.1, 0.15) is 6.54 Å². The van der Waals surface area contributed by atoms with Crippen LogP contribution in [-0.4, -0.2) is 15.5 Å². The van der Waals surface area contributed by atoms with E-state index in [1.807, 2.05) is 6.92 Å². The largest absolute Gasteiger partial charge is 0.368 e. The molecule has 1 rings (SSSR count). The van der Waals surface area contributed by atoms with Crippen molar-refractivity contribution in [1.29, 1.82) is 0 Å². The fourth-order valence-corrected chi connectivity index (χ4v) is 0.738. The van der Waals surface area contributed by atoms with E-state index in [9.17, 15) is 4.79 Å². The number of carbonyl (C=O) groups excluding carboxylic acids is 1. The van der Waals surface area contributed by atoms with Crippen molar-refractivity contribution in [2.24, 2.45) is 5.73 Å². The molecule has 10 heavy (non-hydrogen) atoms. The van der Waals surface area contributed by atoms with Crippen molar-refractivity contribution in [3.05, 3.63) is 18.2 Å². The Hall–Kier alpha value is -1.32. The first-order valence-corrected chi connectivity index (χ1v) is 2.95. The van der Waals surface area contributed by atoms with Crippen LogP contribution in [0.1, 0.15) is 5.69 Å². The van der Waals surface area contributed by atoms with Gasteiger partial charge in [0.25, 0.3) is 0 Å². The number of nitrogens with two attached hydrogens (primary N) is 1. The van der Waals surface area contributed by atoms with Gasteiger partial charge < -0.3 is 10.3 Å². The molecule has 1 amide bonds. The van der Waals surface area contributed by atoms with Crippen LogP contribution in [0.4, 0.5) is 0 Å². The lowest BCUT2D eigenvalue weighted by Gasteiger charge is -1.93. The van der Waals surface area contributed by atoms with E-state index in [4.69, 9.17) is 5.73 Å². The van der Waals surface area contributed by atoms with E-state index in [1.165, 1.54) is 0 Å². The van der Waals surface area contributed by atoms with E-state index in [0.29, 0.717) is 0 Å². The normalized spacial score (nSPS) is 9.70. The van der Waals surface area contributed by atoms with Gasteiger partial charge >= 0.3 is 0 Å². The Morgan fingerprint density at radius 2 is 2.60 bits per heavy atom. The van der Waals surface area contributed by atoms with Crippen LogP contribution in [0.15, 0.2) is 12.5 Å². The Labute approximate surface area is 58.7 Å². The van der Waals surface area contributed by atoms with Crippen molar-refractivity contribution >= 4 is 5.91 Å². The molecule has 0 radical (unpaired) electrons. The molecule has 1 heterocycles. The van der Waals surface area contributed by atoms with E-state index in [-0.39, 0.29) is 12.5 Å². The maximum absolute atomic E-state index is 10.4. The first-order valence-electron chi connectivity index (χ1n) is 2.95. The van der Waals surface area contributed by atoms with Gasteiger partial charge in [-0.1, -0.05) is 0 Å². The number of aryl methyl sites for hydroxylation is 1. The second-order valence-electron chi connectivity index (χ2n) is 2.15. The minimum Gasteiger partial charge on any atom is -0.368 e. The first-order chi connectivity index (χ1) is 4.68. The molecule has 0 aliphatic heterocycles. The van der Waals surface area contributed by atoms with Crippen LogP contribution in [0, 0.1) is 6.92 Å². The van der Waals surface area contributed by atoms with Crippen LogP contribution in [0.25, 0.3) is 0 Å². The summed E-state index contributed by atoms with van der Waals surface area (Å²) in [5, 5.41) is 0. The molecule has 1 aromatic rings. The lowest BCUT2D eigenvalue weighted by Crippen LogP contribution is -2.17. The van der Waals surface area contributed by atoms with E-state index in [1.54, 1.807) is 17.1 Å². The van der Waals surface area contributed by atoms with Gasteiger partial charge in [-0.05, 0) is 6.92 Å². The van der Waals surface area contributed by atoms with Crippen LogP contribution in [-0.2, 0) is 11.3 Å². The summed E-state index contributed by atoms with van der Waals surface area (Å²) in [7, 11) is 0. The number of carbonyl (C=O) groups is 1. The minimum atomic E-state index is -0.350. The van der Waals surface area contributed by atoms with Crippen molar-refractivity contribution in [3.8, 4) is 0 Å². The quantitative estimate of drug-likeness (QED) is 0.610. The number of rotatable bonds is 2. The van der Waals surface area contributed by atoms with E-state index >= 15 is 0 Å². The topological polar surface area (TPSA) is 60.9 Å². The van der Waals surface area contributed by atoms with Crippen molar-refractivity contribution in [2.75, 3.05) is 0 Å². The van der Waals surface area contributed by atoms with Crippen molar-refractivity contribution in [2.45, 2.75) is 13.5 Å². The molecule has 0 aliphatic carbocycles. The lowest BCUT2D eigenvalue weighted by molar-refractivity contribution is -0.118. The van der Waals surface area contributed by atoms with Gasteiger partial charge in [-0.3, -0.25) is 4.79 Å². The zero-order chi connectivity index (χ0) is 7.56. The predicted molar refractivity (Wildman–Crippen MR) is 36.2 cm³/mol. The Morgan fingerprint density at radius 1 is 1.90 bits per heavy atom. The third-order valence-electron chi connectivity index (χ3n) is 1.10. The zero-order valence-corrected chi connectivity index (χ0v) is 5.74. The van der Waals surface area contributed by atoms with E-state index < -0.39 is 0 Å². The molecule has 0 saturated carbocycles. The summed E-state index contributed by atoms with van der Waals surface area (Å²) in [5.74, 6) is -0.350. The molecule has 0 aromatic carbocycles. The Bertz CT molecular complexity index is 241. The average Bonchev–Trinajstić information content (AvgIpc) is 2.13. The third kappa shape index (κ3) is 1.58. The highest BCUT2D eigenvalue weighted by molar-refractivity contribution is 5.73. The molecular formula is C6H9N3O. The number of aromatic nitrogens is 2. The van der Waals surface area contributed by atoms with Crippen molar-refractivity contribution in [3.63, 3.8) is 0 Å². The van der Waals surface area contributed by atoms with Crippen LogP contribution in [0.2, 0.25) is 0 Å². The predicted octanol–water partition coefficient (Wildman–Crippen LogP) is -0.323. The standard InChI is InChI=1S/C6H9N3O/c1-5-2-9(4-8-5)3-6(7)10/h2,4H,3H2,1H3,(H2,7,10). The lowest BCUT2D eigenvalue weighted by atomic mass is 10.5. The van der Waals surface area contributed by atoms with Crippen LogP contribution in [0.5, 0.6) is 0 Å². The molecule has 2 N–H and O–H groups in total. The van der Waals surface area contributed by atoms with E-state index in [0.717, 1.165) is 5.69 Å². The van der Waals surface area contributed by atoms with Gasteiger partial charge in [-0.2, -0.15) is 0 Å². The highest BCUT2D eigenvalue weighted by Crippen LogP contribution is 1.91. The molecule has 4 nitrogen and oxygen atoms in total. The summed E-state index contributed by atoms with van der Waals surface area (Å²) in [5.41, 5.74) is 5.84. The zero-order valence-electron chi connectivity index (χ0n) is 5.74. The molecule has 4 heteroatoms. The number of hydrogen-bond donors (Lipinski definition) is 1. The number of imidazole rings is 1. The van der Waals surface area contributed by atoms with Crippen LogP contribution >= 0.6 is 0 Å². The summed E-state index contributed by atoms with van der Waals surface area (Å²) < 4.78 is 1.65. The number of primary amides is 1. The molecule has 0 unspecified atom stereocenters. The summed E-state index contributed by atoms with van der Waals surface area (Å²) in [6.45, 7) is 2.07. The average molecular weight is 139 g/mol. The number of hydrogen-bond acceptors (Lipinski definition) is 2. The summed E-state index contributed by atoms with van der Waals surface area (Å²) in [4.78, 5) is 14.3. The molecule has 0 aliphatic rings. The van der Waals surface area contributed by atoms with Crippen molar-refractivity contribution < 1.29 is 4.79 Å². The number of nitrogens with zero attached hydrogens (tertiary/aromatic N) is 2. The molecule has 54 valence electrons. The van der Waals surface area contributed by atoms with Gasteiger partial charge in [-0.15, -0.1) is 0 Å². The molecular weight excluding hydrogens is 130 g/mol. The van der Waals surface area contributed by atoms with Crippen LogP contribution < -0.4 is 5.73 Å². The van der Waals surface area contributed by atoms with Crippen molar-refractivity contribution in [1.82, 2.24) is 9.55 Å². The fourth-order valence-electron chi connectivity index (χ4n) is 0.738. The summed E-state index contributed by atoms with van der Waals surface area (Å²) >= 11 is 0. The Balaban J connectivity index is 2.67. The van der Waals surface area contributed by atoms with Gasteiger partial charge in [0.2, 0.25) is 5.91 Å². The minimum absolute atomic E-state index is 0.209. The molecule has 1 aromatic heterocycles. The Kier molecular flexibility index (Phi) is 1.71. The maximum Gasteiger partial charge on any atom is 0.237 e. The highest BCUT2D eigenvalue weighted by Gasteiger charge is 1.95. The van der Waals surface area contributed by atoms with Crippen LogP contribution in [0.3, 0.4) is 0 Å². The summed E-state index contributed by atoms with van der Waals surface area (Å²) in [6, 6.07) is 0. The van der Waals surface area contributed by atoms with Gasteiger partial charge in [0.15, 0.2) is 0 Å². The molecule has 0 fully saturated rings. The number of amides is 1. The monoisotopic (exact) mass is 139 g/mol. The first kappa shape index (κ1) is 6.80. The maximum atomic E-state index is 10.4. The highest BCUT2D eigenvalue weighted by atomic mass is 16.1. The smallest absolute Gasteiger partial charge is 0.237 e. The molecule has 0 spiro atoms. The third-order valence-corrected chi connectivity index (χ3v) is 1.10. The summed E-state index contributed by atoms with van der Waals surface area (Å²) in [6.07, 6.45) is 3.35. The van der Waals surface area contributed by atoms with E-state index in [2.05, 4.69) is 4.98 Å². The SMILES string of the molecule is Cc1cn(CC(N)=O)cn1. The second kappa shape index (κ2) is 2.51. The van der Waals surface area contributed by atoms with Gasteiger partial charge in [0.05, 0.1) is 12.0 Å². The van der Waals surface area contributed by atoms with Gasteiger partial charge in [0, 0.05) is 6.20 Å². The second-order valence-corrected chi connectivity index (χ2v) is 2.15. The molecule has 0 saturated heterocycles. The van der Waals surface area contributed by atoms with Gasteiger partial charge in [-0.25, -0.2) is 4.98 Å². The molecule has 0 atom stereocenters.